The fourth-order valence-corrected chi connectivity index (χ4v) is 3.35. The van der Waals surface area contributed by atoms with E-state index in [9.17, 15) is 9.59 Å². The number of methoxy groups -OCH3 is 1. The highest BCUT2D eigenvalue weighted by molar-refractivity contribution is 5.95. The molecule has 1 heterocycles. The number of hydrogen-bond donors (Lipinski definition) is 1. The Morgan fingerprint density at radius 3 is 2.61 bits per heavy atom. The number of ether oxygens (including phenoxy) is 2. The first-order chi connectivity index (χ1) is 13.5. The summed E-state index contributed by atoms with van der Waals surface area (Å²) in [6, 6.07) is 12.9. The summed E-state index contributed by atoms with van der Waals surface area (Å²) in [5.74, 6) is 1.26. The zero-order valence-corrected chi connectivity index (χ0v) is 16.5. The number of carbonyl (C=O) groups excluding carboxylic acids is 2. The van der Waals surface area contributed by atoms with Crippen molar-refractivity contribution in [2.24, 2.45) is 0 Å². The summed E-state index contributed by atoms with van der Waals surface area (Å²) in [5.41, 5.74) is 2.89. The van der Waals surface area contributed by atoms with Gasteiger partial charge in [0.1, 0.15) is 11.5 Å². The number of hydrogen-bond acceptors (Lipinski definition) is 4. The summed E-state index contributed by atoms with van der Waals surface area (Å²) in [5, 5.41) is 2.93. The third-order valence-electron chi connectivity index (χ3n) is 4.82. The van der Waals surface area contributed by atoms with Crippen molar-refractivity contribution in [1.82, 2.24) is 5.32 Å². The molecule has 0 aromatic heterocycles. The van der Waals surface area contributed by atoms with Crippen LogP contribution in [0, 0.1) is 6.92 Å². The predicted octanol–water partition coefficient (Wildman–Crippen LogP) is 3.39. The first-order valence-electron chi connectivity index (χ1n) is 9.45. The van der Waals surface area contributed by atoms with Gasteiger partial charge in [0.15, 0.2) is 6.61 Å². The zero-order valence-electron chi connectivity index (χ0n) is 16.5. The summed E-state index contributed by atoms with van der Waals surface area (Å²) in [6.07, 6.45) is 1.49. The minimum absolute atomic E-state index is 0.0829. The van der Waals surface area contributed by atoms with Crippen LogP contribution < -0.4 is 19.7 Å². The van der Waals surface area contributed by atoms with Crippen LogP contribution >= 0.6 is 0 Å². The first-order valence-corrected chi connectivity index (χ1v) is 9.45. The molecule has 28 heavy (non-hydrogen) atoms. The van der Waals surface area contributed by atoms with Gasteiger partial charge in [0, 0.05) is 24.2 Å². The summed E-state index contributed by atoms with van der Waals surface area (Å²) in [7, 11) is 1.62. The first kappa shape index (κ1) is 19.7. The molecule has 2 aromatic carbocycles. The highest BCUT2D eigenvalue weighted by Gasteiger charge is 2.21. The normalized spacial score (nSPS) is 14.7. The van der Waals surface area contributed by atoms with Crippen LogP contribution in [0.15, 0.2) is 42.5 Å². The van der Waals surface area contributed by atoms with Gasteiger partial charge >= 0.3 is 0 Å². The van der Waals surface area contributed by atoms with Crippen LogP contribution in [0.4, 0.5) is 5.69 Å². The lowest BCUT2D eigenvalue weighted by Crippen LogP contribution is -2.31. The number of rotatable bonds is 7. The Morgan fingerprint density at radius 2 is 1.96 bits per heavy atom. The fraction of sp³-hybridized carbons (Fsp3) is 0.364. The molecule has 6 heteroatoms. The van der Waals surface area contributed by atoms with E-state index < -0.39 is 0 Å². The third-order valence-corrected chi connectivity index (χ3v) is 4.82. The van der Waals surface area contributed by atoms with E-state index in [4.69, 9.17) is 9.47 Å². The largest absolute Gasteiger partial charge is 0.496 e. The van der Waals surface area contributed by atoms with E-state index in [0.717, 1.165) is 35.5 Å². The van der Waals surface area contributed by atoms with Gasteiger partial charge in [0.2, 0.25) is 5.91 Å². The molecule has 1 saturated heterocycles. The lowest BCUT2D eigenvalue weighted by Gasteiger charge is -2.18. The Labute approximate surface area is 165 Å². The second-order valence-corrected chi connectivity index (χ2v) is 6.97. The molecular formula is C22H26N2O4. The molecule has 0 saturated carbocycles. The van der Waals surface area contributed by atoms with E-state index in [1.54, 1.807) is 24.1 Å². The molecule has 0 spiro atoms. The van der Waals surface area contributed by atoms with Crippen molar-refractivity contribution in [2.75, 3.05) is 25.2 Å². The Hall–Kier alpha value is -3.02. The van der Waals surface area contributed by atoms with Crippen LogP contribution in [0.1, 0.15) is 36.9 Å². The standard InChI is InChI=1S/C22H26N2O4/c1-15-6-11-20(27-3)19(13-15)16(2)23-21(25)14-28-18-9-7-17(8-10-18)24-12-4-5-22(24)26/h6-11,13,16H,4-5,12,14H2,1-3H3,(H,23,25)/t16-/m0/s1. The van der Waals surface area contributed by atoms with Gasteiger partial charge in [-0.15, -0.1) is 0 Å². The minimum Gasteiger partial charge on any atom is -0.496 e. The molecule has 2 aromatic rings. The second kappa shape index (κ2) is 8.78. The number of nitrogens with one attached hydrogen (secondary N) is 1. The van der Waals surface area contributed by atoms with Crippen molar-refractivity contribution in [3.8, 4) is 11.5 Å². The Balaban J connectivity index is 1.54. The molecule has 1 N–H and O–H groups in total. The molecule has 0 unspecified atom stereocenters. The molecule has 148 valence electrons. The maximum absolute atomic E-state index is 12.3. The predicted molar refractivity (Wildman–Crippen MR) is 108 cm³/mol. The van der Waals surface area contributed by atoms with Gasteiger partial charge in [0.05, 0.1) is 13.2 Å². The van der Waals surface area contributed by atoms with Gasteiger partial charge in [-0.3, -0.25) is 9.59 Å². The van der Waals surface area contributed by atoms with Gasteiger partial charge in [-0.2, -0.15) is 0 Å². The third kappa shape index (κ3) is 4.63. The van der Waals surface area contributed by atoms with Gasteiger partial charge < -0.3 is 19.7 Å². The van der Waals surface area contributed by atoms with E-state index in [0.29, 0.717) is 12.2 Å². The number of benzene rings is 2. The van der Waals surface area contributed by atoms with Crippen LogP contribution in [-0.2, 0) is 9.59 Å². The molecule has 0 radical (unpaired) electrons. The molecular weight excluding hydrogens is 356 g/mol. The molecule has 3 rings (SSSR count). The minimum atomic E-state index is -0.213. The monoisotopic (exact) mass is 382 g/mol. The summed E-state index contributed by atoms with van der Waals surface area (Å²) in [6.45, 7) is 4.58. The molecule has 1 atom stereocenters. The highest BCUT2D eigenvalue weighted by atomic mass is 16.5. The summed E-state index contributed by atoms with van der Waals surface area (Å²) in [4.78, 5) is 25.8. The SMILES string of the molecule is COc1ccc(C)cc1[C@H](C)NC(=O)COc1ccc(N2CCCC2=O)cc1. The lowest BCUT2D eigenvalue weighted by atomic mass is 10.0. The lowest BCUT2D eigenvalue weighted by molar-refractivity contribution is -0.123. The smallest absolute Gasteiger partial charge is 0.258 e. The van der Waals surface area contributed by atoms with E-state index >= 15 is 0 Å². The highest BCUT2D eigenvalue weighted by Crippen LogP contribution is 2.26. The van der Waals surface area contributed by atoms with Gasteiger partial charge in [0.25, 0.3) is 5.91 Å². The Kier molecular flexibility index (Phi) is 6.19. The van der Waals surface area contributed by atoms with Crippen LogP contribution in [0.25, 0.3) is 0 Å². The van der Waals surface area contributed by atoms with E-state index in [-0.39, 0.29) is 24.5 Å². The van der Waals surface area contributed by atoms with Crippen LogP contribution in [0.3, 0.4) is 0 Å². The van der Waals surface area contributed by atoms with Gasteiger partial charge in [-0.25, -0.2) is 0 Å². The van der Waals surface area contributed by atoms with Crippen molar-refractivity contribution in [2.45, 2.75) is 32.7 Å². The molecule has 6 nitrogen and oxygen atoms in total. The van der Waals surface area contributed by atoms with Crippen LogP contribution in [0.5, 0.6) is 11.5 Å². The van der Waals surface area contributed by atoms with Crippen LogP contribution in [-0.4, -0.2) is 32.1 Å². The van der Waals surface area contributed by atoms with E-state index in [1.807, 2.05) is 44.2 Å². The molecule has 2 amide bonds. The number of nitrogens with zero attached hydrogens (tertiary/aromatic N) is 1. The molecule has 1 aliphatic heterocycles. The zero-order chi connectivity index (χ0) is 20.1. The van der Waals surface area contributed by atoms with Crippen LogP contribution in [0.2, 0.25) is 0 Å². The van der Waals surface area contributed by atoms with Crippen molar-refractivity contribution >= 4 is 17.5 Å². The maximum atomic E-state index is 12.3. The molecule has 0 bridgehead atoms. The van der Waals surface area contributed by atoms with Gasteiger partial charge in [-0.1, -0.05) is 17.7 Å². The fourth-order valence-electron chi connectivity index (χ4n) is 3.35. The molecule has 0 aliphatic carbocycles. The number of aryl methyl sites for hydroxylation is 1. The summed E-state index contributed by atoms with van der Waals surface area (Å²) >= 11 is 0. The molecule has 1 aliphatic rings. The number of carbonyl (C=O) groups is 2. The average Bonchev–Trinajstić information content (AvgIpc) is 3.12. The van der Waals surface area contributed by atoms with Crippen molar-refractivity contribution in [1.29, 1.82) is 0 Å². The second-order valence-electron chi connectivity index (χ2n) is 6.97. The topological polar surface area (TPSA) is 67.9 Å². The molecule has 1 fully saturated rings. The average molecular weight is 382 g/mol. The number of amides is 2. The van der Waals surface area contributed by atoms with Crippen molar-refractivity contribution in [3.63, 3.8) is 0 Å². The van der Waals surface area contributed by atoms with Crippen molar-refractivity contribution in [3.05, 3.63) is 53.6 Å². The van der Waals surface area contributed by atoms with Gasteiger partial charge in [-0.05, 0) is 50.6 Å². The Morgan fingerprint density at radius 1 is 1.21 bits per heavy atom. The summed E-state index contributed by atoms with van der Waals surface area (Å²) < 4.78 is 11.0. The quantitative estimate of drug-likeness (QED) is 0.797. The van der Waals surface area contributed by atoms with E-state index in [2.05, 4.69) is 5.32 Å². The number of anilines is 1. The van der Waals surface area contributed by atoms with Crippen molar-refractivity contribution < 1.29 is 19.1 Å². The van der Waals surface area contributed by atoms with E-state index in [1.165, 1.54) is 0 Å². The maximum Gasteiger partial charge on any atom is 0.258 e. The Bertz CT molecular complexity index is 848.